The first kappa shape index (κ1) is 20.6. The molecule has 1 amide bonds. The molecule has 1 aliphatic rings. The van der Waals surface area contributed by atoms with Crippen molar-refractivity contribution in [1.82, 2.24) is 4.98 Å². The third-order valence-electron chi connectivity index (χ3n) is 5.77. The Morgan fingerprint density at radius 1 is 1.19 bits per heavy atom. The summed E-state index contributed by atoms with van der Waals surface area (Å²) in [5, 5.41) is 3.77. The number of nitrogens with two attached hydrogens (primary N) is 1. The number of amides is 1. The lowest BCUT2D eigenvalue weighted by atomic mass is 9.89. The van der Waals surface area contributed by atoms with E-state index in [2.05, 4.69) is 5.32 Å². The number of nitrogens with one attached hydrogen (secondary N) is 1. The highest BCUT2D eigenvalue weighted by Gasteiger charge is 2.27. The molecule has 1 aromatic carbocycles. The Morgan fingerprint density at radius 2 is 1.97 bits per heavy atom. The summed E-state index contributed by atoms with van der Waals surface area (Å²) >= 11 is 1.34. The molecule has 0 bridgehead atoms. The van der Waals surface area contributed by atoms with Gasteiger partial charge in [0.2, 0.25) is 0 Å². The van der Waals surface area contributed by atoms with E-state index in [4.69, 9.17) is 19.9 Å². The number of nitrogen functional groups attached to an aromatic ring is 1. The van der Waals surface area contributed by atoms with Gasteiger partial charge in [0.05, 0.1) is 12.3 Å². The molecule has 3 heterocycles. The minimum absolute atomic E-state index is 0.241. The Morgan fingerprint density at radius 3 is 2.69 bits per heavy atom. The number of carbonyl (C=O) groups excluding carboxylic acids is 1. The highest BCUT2D eigenvalue weighted by Crippen LogP contribution is 2.44. The van der Waals surface area contributed by atoms with Crippen molar-refractivity contribution in [3.05, 3.63) is 58.3 Å². The van der Waals surface area contributed by atoms with E-state index < -0.39 is 0 Å². The zero-order valence-corrected chi connectivity index (χ0v) is 19.0. The van der Waals surface area contributed by atoms with Crippen LogP contribution in [-0.4, -0.2) is 17.5 Å². The summed E-state index contributed by atoms with van der Waals surface area (Å²) in [4.78, 5) is 19.3. The number of furan rings is 1. The number of rotatable bonds is 5. The number of ether oxygens (including phenoxy) is 1. The van der Waals surface area contributed by atoms with E-state index in [9.17, 15) is 4.79 Å². The number of nitrogens with zero attached hydrogens (tertiary/aromatic N) is 1. The van der Waals surface area contributed by atoms with Crippen molar-refractivity contribution >= 4 is 38.8 Å². The third-order valence-corrected chi connectivity index (χ3v) is 6.87. The molecule has 0 saturated heterocycles. The number of hydrogen-bond donors (Lipinski definition) is 2. The zero-order valence-electron chi connectivity index (χ0n) is 18.2. The van der Waals surface area contributed by atoms with Crippen LogP contribution in [0.2, 0.25) is 0 Å². The summed E-state index contributed by atoms with van der Waals surface area (Å²) in [6.45, 7) is 4.46. The van der Waals surface area contributed by atoms with E-state index in [1.54, 1.807) is 0 Å². The third kappa shape index (κ3) is 3.62. The maximum absolute atomic E-state index is 13.1. The Kier molecular flexibility index (Phi) is 5.35. The second-order valence-electron chi connectivity index (χ2n) is 7.97. The highest BCUT2D eigenvalue weighted by atomic mass is 32.1. The number of pyridine rings is 1. The number of fused-ring (bicyclic) bond motifs is 2. The van der Waals surface area contributed by atoms with Crippen LogP contribution in [0.25, 0.3) is 21.5 Å². The molecule has 0 spiro atoms. The zero-order chi connectivity index (χ0) is 22.2. The van der Waals surface area contributed by atoms with Crippen LogP contribution in [0.5, 0.6) is 5.75 Å². The molecular weight excluding hydrogens is 422 g/mol. The van der Waals surface area contributed by atoms with E-state index in [0.717, 1.165) is 64.4 Å². The predicted molar refractivity (Wildman–Crippen MR) is 129 cm³/mol. The van der Waals surface area contributed by atoms with Gasteiger partial charge in [-0.15, -0.1) is 11.3 Å². The minimum Gasteiger partial charge on any atom is -0.494 e. The first-order chi connectivity index (χ1) is 15.5. The van der Waals surface area contributed by atoms with Gasteiger partial charge in [-0.05, 0) is 81.5 Å². The lowest BCUT2D eigenvalue weighted by Crippen LogP contribution is -2.12. The molecule has 0 atom stereocenters. The van der Waals surface area contributed by atoms with Crippen molar-refractivity contribution in [2.24, 2.45) is 0 Å². The van der Waals surface area contributed by atoms with Crippen LogP contribution in [0.4, 0.5) is 11.4 Å². The van der Waals surface area contributed by atoms with Gasteiger partial charge in [0.25, 0.3) is 5.91 Å². The maximum Gasteiger partial charge on any atom is 0.267 e. The fourth-order valence-electron chi connectivity index (χ4n) is 4.31. The number of anilines is 2. The fourth-order valence-corrected chi connectivity index (χ4v) is 5.32. The second-order valence-corrected chi connectivity index (χ2v) is 8.97. The van der Waals surface area contributed by atoms with Crippen LogP contribution in [0.3, 0.4) is 0 Å². The lowest BCUT2D eigenvalue weighted by Gasteiger charge is -2.18. The van der Waals surface area contributed by atoms with E-state index in [1.807, 2.05) is 50.2 Å². The summed E-state index contributed by atoms with van der Waals surface area (Å²) in [6.07, 6.45) is 4.11. The standard InChI is InChI=1S/C25H25N3O3S/c1-3-30-16-11-9-15(10-12-16)27-24(29)23-22(26)21-20(19-13-8-14(2)31-19)17-6-4-5-7-18(17)28-25(21)32-23/h8-13H,3-7,26H2,1-2H3,(H,27,29). The summed E-state index contributed by atoms with van der Waals surface area (Å²) < 4.78 is 11.5. The van der Waals surface area contributed by atoms with Crippen LogP contribution in [-0.2, 0) is 12.8 Å². The van der Waals surface area contributed by atoms with Gasteiger partial charge in [-0.1, -0.05) is 0 Å². The maximum atomic E-state index is 13.1. The molecular formula is C25H25N3O3S. The molecule has 7 heteroatoms. The van der Waals surface area contributed by atoms with Crippen LogP contribution >= 0.6 is 11.3 Å². The number of carbonyl (C=O) groups is 1. The number of thiophene rings is 1. The molecule has 3 N–H and O–H groups in total. The van der Waals surface area contributed by atoms with Gasteiger partial charge in [-0.3, -0.25) is 4.79 Å². The van der Waals surface area contributed by atoms with Gasteiger partial charge in [0.15, 0.2) is 0 Å². The molecule has 1 aliphatic carbocycles. The summed E-state index contributed by atoms with van der Waals surface area (Å²) in [5.74, 6) is 2.15. The molecule has 164 valence electrons. The number of benzene rings is 1. The molecule has 0 radical (unpaired) electrons. The summed E-state index contributed by atoms with van der Waals surface area (Å²) in [5.41, 5.74) is 11.0. The molecule has 5 rings (SSSR count). The molecule has 0 fully saturated rings. The summed E-state index contributed by atoms with van der Waals surface area (Å²) in [6, 6.07) is 11.2. The normalized spacial score (nSPS) is 13.2. The van der Waals surface area contributed by atoms with E-state index in [1.165, 1.54) is 16.9 Å². The van der Waals surface area contributed by atoms with Crippen LogP contribution in [0.1, 0.15) is 46.5 Å². The van der Waals surface area contributed by atoms with E-state index >= 15 is 0 Å². The van der Waals surface area contributed by atoms with Crippen LogP contribution in [0, 0.1) is 6.92 Å². The molecule has 0 saturated carbocycles. The first-order valence-electron chi connectivity index (χ1n) is 10.9. The number of aryl methyl sites for hydroxylation is 2. The van der Waals surface area contributed by atoms with Crippen molar-refractivity contribution in [1.29, 1.82) is 0 Å². The molecule has 6 nitrogen and oxygen atoms in total. The van der Waals surface area contributed by atoms with E-state index in [-0.39, 0.29) is 5.91 Å². The van der Waals surface area contributed by atoms with Gasteiger partial charge < -0.3 is 20.2 Å². The smallest absolute Gasteiger partial charge is 0.267 e. The highest BCUT2D eigenvalue weighted by molar-refractivity contribution is 7.21. The largest absolute Gasteiger partial charge is 0.494 e. The van der Waals surface area contributed by atoms with Gasteiger partial charge in [0, 0.05) is 22.3 Å². The van der Waals surface area contributed by atoms with Crippen molar-refractivity contribution in [3.63, 3.8) is 0 Å². The average Bonchev–Trinajstić information content (AvgIpc) is 3.37. The van der Waals surface area contributed by atoms with Crippen molar-refractivity contribution in [2.45, 2.75) is 39.5 Å². The minimum atomic E-state index is -0.241. The molecule has 0 unspecified atom stereocenters. The second kappa shape index (κ2) is 8.31. The van der Waals surface area contributed by atoms with Crippen LogP contribution < -0.4 is 15.8 Å². The Labute approximate surface area is 190 Å². The lowest BCUT2D eigenvalue weighted by molar-refractivity contribution is 0.103. The average molecular weight is 448 g/mol. The Bertz CT molecular complexity index is 1300. The summed E-state index contributed by atoms with van der Waals surface area (Å²) in [7, 11) is 0. The number of aromatic nitrogens is 1. The Hall–Kier alpha value is -3.32. The predicted octanol–water partition coefficient (Wildman–Crippen LogP) is 5.98. The first-order valence-corrected chi connectivity index (χ1v) is 11.7. The molecule has 4 aromatic rings. The molecule has 32 heavy (non-hydrogen) atoms. The van der Waals surface area contributed by atoms with E-state index in [0.29, 0.717) is 22.9 Å². The Balaban J connectivity index is 1.58. The quantitative estimate of drug-likeness (QED) is 0.393. The van der Waals surface area contributed by atoms with Crippen LogP contribution in [0.15, 0.2) is 40.8 Å². The molecule has 3 aromatic heterocycles. The monoisotopic (exact) mass is 447 g/mol. The van der Waals surface area contributed by atoms with Gasteiger partial charge in [-0.25, -0.2) is 4.98 Å². The fraction of sp³-hybridized carbons (Fsp3) is 0.280. The van der Waals surface area contributed by atoms with Gasteiger partial charge in [0.1, 0.15) is 27.0 Å². The van der Waals surface area contributed by atoms with Gasteiger partial charge in [-0.2, -0.15) is 0 Å². The SMILES string of the molecule is CCOc1ccc(NC(=O)c2sc3nc4c(c(-c5ccc(C)o5)c3c2N)CCCC4)cc1. The van der Waals surface area contributed by atoms with Crippen molar-refractivity contribution < 1.29 is 13.9 Å². The molecule has 0 aliphatic heterocycles. The topological polar surface area (TPSA) is 90.4 Å². The van der Waals surface area contributed by atoms with Crippen molar-refractivity contribution in [3.8, 4) is 17.1 Å². The number of hydrogen-bond acceptors (Lipinski definition) is 6. The van der Waals surface area contributed by atoms with Crippen molar-refractivity contribution in [2.75, 3.05) is 17.7 Å². The van der Waals surface area contributed by atoms with Gasteiger partial charge >= 0.3 is 0 Å².